The van der Waals surface area contributed by atoms with Crippen LogP contribution < -0.4 is 5.32 Å². The van der Waals surface area contributed by atoms with E-state index in [-0.39, 0.29) is 5.56 Å². The summed E-state index contributed by atoms with van der Waals surface area (Å²) in [6, 6.07) is 4.24. The standard InChI is InChI=1S/C11H12N2O5/c14-11(15)8-3-1-2-7(10(8)13(16)17)9-6-12-4-5-18-9/h1-3,9,12H,4-6H2,(H,14,15). The highest BCUT2D eigenvalue weighted by Crippen LogP contribution is 2.31. The number of hydrogen-bond donors (Lipinski definition) is 2. The van der Waals surface area contributed by atoms with E-state index in [2.05, 4.69) is 5.32 Å². The molecule has 0 aromatic heterocycles. The predicted molar refractivity (Wildman–Crippen MR) is 61.6 cm³/mol. The number of nitro benzene ring substituents is 1. The molecule has 1 aliphatic rings. The van der Waals surface area contributed by atoms with E-state index in [1.165, 1.54) is 18.2 Å². The Kier molecular flexibility index (Phi) is 3.54. The SMILES string of the molecule is O=C(O)c1cccc(C2CNCCO2)c1[N+](=O)[O-]. The largest absolute Gasteiger partial charge is 0.477 e. The first-order valence-electron chi connectivity index (χ1n) is 5.44. The summed E-state index contributed by atoms with van der Waals surface area (Å²) in [5, 5.41) is 23.1. The van der Waals surface area contributed by atoms with Gasteiger partial charge in [-0.1, -0.05) is 6.07 Å². The second-order valence-corrected chi connectivity index (χ2v) is 3.87. The molecule has 96 valence electrons. The minimum absolute atomic E-state index is 0.298. The topological polar surface area (TPSA) is 102 Å². The minimum atomic E-state index is -1.31. The number of carbonyl (C=O) groups is 1. The summed E-state index contributed by atoms with van der Waals surface area (Å²) >= 11 is 0. The van der Waals surface area contributed by atoms with Gasteiger partial charge >= 0.3 is 5.97 Å². The fourth-order valence-electron chi connectivity index (χ4n) is 1.96. The summed E-state index contributed by atoms with van der Waals surface area (Å²) in [6.07, 6.45) is -0.488. The maximum Gasteiger partial charge on any atom is 0.342 e. The maximum atomic E-state index is 11.1. The maximum absolute atomic E-state index is 11.1. The number of nitro groups is 1. The first kappa shape index (κ1) is 12.5. The number of carboxylic acid groups (broad SMARTS) is 1. The van der Waals surface area contributed by atoms with Gasteiger partial charge in [-0.3, -0.25) is 10.1 Å². The molecule has 7 heteroatoms. The molecule has 1 fully saturated rings. The minimum Gasteiger partial charge on any atom is -0.477 e. The Balaban J connectivity index is 2.48. The van der Waals surface area contributed by atoms with Gasteiger partial charge in [-0.05, 0) is 12.1 Å². The molecule has 18 heavy (non-hydrogen) atoms. The van der Waals surface area contributed by atoms with Crippen LogP contribution in [-0.4, -0.2) is 35.7 Å². The normalized spacial score (nSPS) is 19.4. The van der Waals surface area contributed by atoms with Crippen molar-refractivity contribution in [3.05, 3.63) is 39.4 Å². The zero-order valence-corrected chi connectivity index (χ0v) is 9.46. The van der Waals surface area contributed by atoms with E-state index in [9.17, 15) is 14.9 Å². The summed E-state index contributed by atoms with van der Waals surface area (Å²) in [6.45, 7) is 1.56. The van der Waals surface area contributed by atoms with Crippen molar-refractivity contribution in [1.82, 2.24) is 5.32 Å². The molecule has 1 aromatic carbocycles. The Morgan fingerprint density at radius 2 is 2.33 bits per heavy atom. The third-order valence-corrected chi connectivity index (χ3v) is 2.75. The second-order valence-electron chi connectivity index (χ2n) is 3.87. The highest BCUT2D eigenvalue weighted by atomic mass is 16.6. The van der Waals surface area contributed by atoms with Crippen molar-refractivity contribution in [1.29, 1.82) is 0 Å². The van der Waals surface area contributed by atoms with Crippen molar-refractivity contribution in [2.45, 2.75) is 6.10 Å². The zero-order chi connectivity index (χ0) is 13.1. The number of benzene rings is 1. The van der Waals surface area contributed by atoms with Crippen LogP contribution in [0.1, 0.15) is 22.0 Å². The molecule has 1 aromatic rings. The Hall–Kier alpha value is -1.99. The quantitative estimate of drug-likeness (QED) is 0.613. The van der Waals surface area contributed by atoms with Gasteiger partial charge in [0, 0.05) is 13.1 Å². The van der Waals surface area contributed by atoms with Gasteiger partial charge in [0.05, 0.1) is 17.1 Å². The number of nitrogens with zero attached hydrogens (tertiary/aromatic N) is 1. The molecule has 0 aliphatic carbocycles. The van der Waals surface area contributed by atoms with Crippen molar-refractivity contribution >= 4 is 11.7 Å². The van der Waals surface area contributed by atoms with Crippen LogP contribution in [-0.2, 0) is 4.74 Å². The summed E-state index contributed by atoms with van der Waals surface area (Å²) < 4.78 is 5.43. The van der Waals surface area contributed by atoms with Gasteiger partial charge in [0.2, 0.25) is 0 Å². The van der Waals surface area contributed by atoms with E-state index in [0.717, 1.165) is 0 Å². The van der Waals surface area contributed by atoms with Gasteiger partial charge in [0.15, 0.2) is 0 Å². The lowest BCUT2D eigenvalue weighted by Crippen LogP contribution is -2.33. The first-order chi connectivity index (χ1) is 8.61. The molecular weight excluding hydrogens is 240 g/mol. The summed E-state index contributed by atoms with van der Waals surface area (Å²) in [4.78, 5) is 21.4. The van der Waals surface area contributed by atoms with Gasteiger partial charge in [-0.25, -0.2) is 4.79 Å². The number of para-hydroxylation sites is 1. The summed E-state index contributed by atoms with van der Waals surface area (Å²) in [5.74, 6) is -1.31. The van der Waals surface area contributed by atoms with Gasteiger partial charge in [0.25, 0.3) is 5.69 Å². The van der Waals surface area contributed by atoms with Crippen LogP contribution in [0.25, 0.3) is 0 Å². The fraction of sp³-hybridized carbons (Fsp3) is 0.364. The Bertz CT molecular complexity index is 482. The van der Waals surface area contributed by atoms with E-state index < -0.39 is 22.7 Å². The van der Waals surface area contributed by atoms with E-state index in [1.807, 2.05) is 0 Å². The van der Waals surface area contributed by atoms with Crippen LogP contribution in [0.4, 0.5) is 5.69 Å². The summed E-state index contributed by atoms with van der Waals surface area (Å²) in [5.41, 5.74) is -0.405. The molecule has 0 amide bonds. The van der Waals surface area contributed by atoms with Crippen molar-refractivity contribution in [3.63, 3.8) is 0 Å². The van der Waals surface area contributed by atoms with Gasteiger partial charge in [-0.15, -0.1) is 0 Å². The number of rotatable bonds is 3. The van der Waals surface area contributed by atoms with Gasteiger partial charge in [0.1, 0.15) is 11.7 Å². The predicted octanol–water partition coefficient (Wildman–Crippen LogP) is 0.954. The van der Waals surface area contributed by atoms with Gasteiger partial charge < -0.3 is 15.2 Å². The van der Waals surface area contributed by atoms with E-state index in [0.29, 0.717) is 25.3 Å². The summed E-state index contributed by atoms with van der Waals surface area (Å²) in [7, 11) is 0. The van der Waals surface area contributed by atoms with Crippen molar-refractivity contribution in [2.24, 2.45) is 0 Å². The van der Waals surface area contributed by atoms with Crippen molar-refractivity contribution in [3.8, 4) is 0 Å². The molecule has 0 radical (unpaired) electrons. The molecule has 7 nitrogen and oxygen atoms in total. The van der Waals surface area contributed by atoms with E-state index in [1.54, 1.807) is 0 Å². The lowest BCUT2D eigenvalue weighted by atomic mass is 10.0. The van der Waals surface area contributed by atoms with E-state index >= 15 is 0 Å². The molecule has 0 spiro atoms. The highest BCUT2D eigenvalue weighted by Gasteiger charge is 2.29. The molecule has 2 N–H and O–H groups in total. The molecule has 2 rings (SSSR count). The van der Waals surface area contributed by atoms with Crippen LogP contribution in [0.15, 0.2) is 18.2 Å². The van der Waals surface area contributed by atoms with Crippen LogP contribution in [0.5, 0.6) is 0 Å². The number of morpholine rings is 1. The van der Waals surface area contributed by atoms with Crippen LogP contribution in [0.3, 0.4) is 0 Å². The molecule has 0 saturated carbocycles. The lowest BCUT2D eigenvalue weighted by Gasteiger charge is -2.23. The molecule has 1 atom stereocenters. The molecule has 1 saturated heterocycles. The van der Waals surface area contributed by atoms with E-state index in [4.69, 9.17) is 9.84 Å². The average Bonchev–Trinajstić information content (AvgIpc) is 2.38. The second kappa shape index (κ2) is 5.11. The monoisotopic (exact) mass is 252 g/mol. The zero-order valence-electron chi connectivity index (χ0n) is 9.46. The number of carboxylic acids is 1. The third kappa shape index (κ3) is 2.31. The van der Waals surface area contributed by atoms with Crippen LogP contribution >= 0.6 is 0 Å². The molecule has 1 unspecified atom stereocenters. The van der Waals surface area contributed by atoms with Crippen molar-refractivity contribution in [2.75, 3.05) is 19.7 Å². The van der Waals surface area contributed by atoms with Gasteiger partial charge in [-0.2, -0.15) is 0 Å². The molecule has 1 heterocycles. The average molecular weight is 252 g/mol. The lowest BCUT2D eigenvalue weighted by molar-refractivity contribution is -0.386. The molecule has 0 bridgehead atoms. The number of nitrogens with one attached hydrogen (secondary N) is 1. The van der Waals surface area contributed by atoms with Crippen LogP contribution in [0, 0.1) is 10.1 Å². The van der Waals surface area contributed by atoms with Crippen LogP contribution in [0.2, 0.25) is 0 Å². The Morgan fingerprint density at radius 1 is 1.56 bits per heavy atom. The Morgan fingerprint density at radius 3 is 2.89 bits per heavy atom. The molecule has 1 aliphatic heterocycles. The Labute approximate surface area is 103 Å². The number of ether oxygens (including phenoxy) is 1. The smallest absolute Gasteiger partial charge is 0.342 e. The number of aromatic carboxylic acids is 1. The highest BCUT2D eigenvalue weighted by molar-refractivity contribution is 5.93. The van der Waals surface area contributed by atoms with Crippen molar-refractivity contribution < 1.29 is 19.6 Å². The fourth-order valence-corrected chi connectivity index (χ4v) is 1.96. The molecular formula is C11H12N2O5. The first-order valence-corrected chi connectivity index (χ1v) is 5.44. The number of hydrogen-bond acceptors (Lipinski definition) is 5. The third-order valence-electron chi connectivity index (χ3n) is 2.75.